The van der Waals surface area contributed by atoms with Gasteiger partial charge >= 0.3 is 0 Å². The molecule has 0 amide bonds. The SMILES string of the molecule is COc1cc(Br)cc(NC(C)c2ccc(O)c(OC)c2)c1. The minimum absolute atomic E-state index is 0.0542. The van der Waals surface area contributed by atoms with E-state index in [0.29, 0.717) is 5.75 Å². The smallest absolute Gasteiger partial charge is 0.160 e. The van der Waals surface area contributed by atoms with Gasteiger partial charge in [0.15, 0.2) is 11.5 Å². The number of phenolic OH excluding ortho intramolecular Hbond substituents is 1. The van der Waals surface area contributed by atoms with E-state index in [0.717, 1.165) is 21.5 Å². The third kappa shape index (κ3) is 3.82. The first-order valence-electron chi connectivity index (χ1n) is 6.51. The van der Waals surface area contributed by atoms with Crippen molar-refractivity contribution >= 4 is 21.6 Å². The Balaban J connectivity index is 2.21. The zero-order valence-electron chi connectivity index (χ0n) is 12.2. The van der Waals surface area contributed by atoms with Gasteiger partial charge in [-0.25, -0.2) is 0 Å². The van der Waals surface area contributed by atoms with Crippen LogP contribution in [0.5, 0.6) is 17.2 Å². The molecule has 0 saturated heterocycles. The number of methoxy groups -OCH3 is 2. The van der Waals surface area contributed by atoms with E-state index in [9.17, 15) is 5.11 Å². The lowest BCUT2D eigenvalue weighted by Crippen LogP contribution is -2.07. The first-order valence-corrected chi connectivity index (χ1v) is 7.31. The number of halogens is 1. The lowest BCUT2D eigenvalue weighted by molar-refractivity contribution is 0.373. The number of nitrogens with one attached hydrogen (secondary N) is 1. The molecule has 0 saturated carbocycles. The van der Waals surface area contributed by atoms with Gasteiger partial charge in [-0.1, -0.05) is 22.0 Å². The molecule has 0 bridgehead atoms. The summed E-state index contributed by atoms with van der Waals surface area (Å²) in [7, 11) is 3.18. The number of hydrogen-bond acceptors (Lipinski definition) is 4. The summed E-state index contributed by atoms with van der Waals surface area (Å²) in [6.07, 6.45) is 0. The Hall–Kier alpha value is -1.88. The summed E-state index contributed by atoms with van der Waals surface area (Å²) in [5.41, 5.74) is 1.96. The van der Waals surface area contributed by atoms with E-state index in [1.807, 2.05) is 37.3 Å². The number of ether oxygens (including phenoxy) is 2. The average Bonchev–Trinajstić information content (AvgIpc) is 2.46. The Morgan fingerprint density at radius 1 is 1.10 bits per heavy atom. The van der Waals surface area contributed by atoms with Crippen LogP contribution in [-0.4, -0.2) is 19.3 Å². The molecule has 0 aliphatic heterocycles. The van der Waals surface area contributed by atoms with Gasteiger partial charge in [0.25, 0.3) is 0 Å². The fraction of sp³-hybridized carbons (Fsp3) is 0.250. The Kier molecular flexibility index (Phi) is 4.96. The average molecular weight is 352 g/mol. The van der Waals surface area contributed by atoms with Crippen LogP contribution in [0.2, 0.25) is 0 Å². The summed E-state index contributed by atoms with van der Waals surface area (Å²) >= 11 is 3.46. The number of benzene rings is 2. The summed E-state index contributed by atoms with van der Waals surface area (Å²) in [6.45, 7) is 2.04. The highest BCUT2D eigenvalue weighted by Crippen LogP contribution is 2.31. The molecule has 0 aromatic heterocycles. The van der Waals surface area contributed by atoms with Crippen LogP contribution in [0.25, 0.3) is 0 Å². The molecule has 21 heavy (non-hydrogen) atoms. The van der Waals surface area contributed by atoms with Crippen LogP contribution in [0.1, 0.15) is 18.5 Å². The Morgan fingerprint density at radius 2 is 1.86 bits per heavy atom. The molecule has 1 unspecified atom stereocenters. The Bertz CT molecular complexity index is 631. The van der Waals surface area contributed by atoms with Crippen molar-refractivity contribution in [3.05, 3.63) is 46.4 Å². The van der Waals surface area contributed by atoms with Crippen LogP contribution in [-0.2, 0) is 0 Å². The molecule has 0 aliphatic rings. The molecule has 4 nitrogen and oxygen atoms in total. The number of aromatic hydroxyl groups is 1. The number of anilines is 1. The van der Waals surface area contributed by atoms with E-state index in [4.69, 9.17) is 9.47 Å². The van der Waals surface area contributed by atoms with Crippen molar-refractivity contribution in [2.24, 2.45) is 0 Å². The molecule has 112 valence electrons. The number of phenols is 1. The summed E-state index contributed by atoms with van der Waals surface area (Å²) in [5.74, 6) is 1.38. The third-order valence-corrected chi connectivity index (χ3v) is 3.65. The van der Waals surface area contributed by atoms with Crippen molar-refractivity contribution in [2.45, 2.75) is 13.0 Å². The van der Waals surface area contributed by atoms with E-state index < -0.39 is 0 Å². The van der Waals surface area contributed by atoms with Crippen molar-refractivity contribution in [2.75, 3.05) is 19.5 Å². The maximum Gasteiger partial charge on any atom is 0.160 e. The summed E-state index contributed by atoms with van der Waals surface area (Å²) in [5, 5.41) is 13.0. The highest BCUT2D eigenvalue weighted by atomic mass is 79.9. The van der Waals surface area contributed by atoms with Crippen molar-refractivity contribution in [1.82, 2.24) is 0 Å². The summed E-state index contributed by atoms with van der Waals surface area (Å²) in [6, 6.07) is 11.2. The highest BCUT2D eigenvalue weighted by molar-refractivity contribution is 9.10. The van der Waals surface area contributed by atoms with Crippen molar-refractivity contribution in [3.8, 4) is 17.2 Å². The molecule has 0 radical (unpaired) electrons. The van der Waals surface area contributed by atoms with E-state index in [1.54, 1.807) is 13.2 Å². The van der Waals surface area contributed by atoms with Crippen molar-refractivity contribution in [3.63, 3.8) is 0 Å². The molecule has 1 atom stereocenters. The summed E-state index contributed by atoms with van der Waals surface area (Å²) in [4.78, 5) is 0. The first-order chi connectivity index (χ1) is 10.0. The largest absolute Gasteiger partial charge is 0.504 e. The maximum atomic E-state index is 9.64. The van der Waals surface area contributed by atoms with Crippen molar-refractivity contribution < 1.29 is 14.6 Å². The monoisotopic (exact) mass is 351 g/mol. The molecular formula is C16H18BrNO3. The van der Waals surface area contributed by atoms with Gasteiger partial charge in [0.05, 0.1) is 14.2 Å². The Labute approximate surface area is 132 Å². The molecule has 5 heteroatoms. The van der Waals surface area contributed by atoms with E-state index in [2.05, 4.69) is 21.2 Å². The predicted molar refractivity (Wildman–Crippen MR) is 87.4 cm³/mol. The first kappa shape index (κ1) is 15.5. The second kappa shape index (κ2) is 6.72. The van der Waals surface area contributed by atoms with E-state index in [1.165, 1.54) is 7.11 Å². The molecule has 2 N–H and O–H groups in total. The lowest BCUT2D eigenvalue weighted by atomic mass is 10.1. The van der Waals surface area contributed by atoms with Crippen LogP contribution >= 0.6 is 15.9 Å². The zero-order valence-corrected chi connectivity index (χ0v) is 13.8. The lowest BCUT2D eigenvalue weighted by Gasteiger charge is -2.17. The maximum absolute atomic E-state index is 9.64. The van der Waals surface area contributed by atoms with E-state index >= 15 is 0 Å². The second-order valence-corrected chi connectivity index (χ2v) is 5.59. The predicted octanol–water partition coefficient (Wildman–Crippen LogP) is 4.35. The topological polar surface area (TPSA) is 50.7 Å². The van der Waals surface area contributed by atoms with Gasteiger partial charge in [-0.2, -0.15) is 0 Å². The molecule has 0 fully saturated rings. The van der Waals surface area contributed by atoms with Crippen molar-refractivity contribution in [1.29, 1.82) is 0 Å². The minimum atomic E-state index is 0.0542. The molecular weight excluding hydrogens is 334 g/mol. The van der Waals surface area contributed by atoms with Gasteiger partial charge < -0.3 is 19.9 Å². The number of hydrogen-bond donors (Lipinski definition) is 2. The quantitative estimate of drug-likeness (QED) is 0.840. The highest BCUT2D eigenvalue weighted by Gasteiger charge is 2.10. The fourth-order valence-electron chi connectivity index (χ4n) is 2.06. The van der Waals surface area contributed by atoms with Crippen LogP contribution in [0.3, 0.4) is 0 Å². The molecule has 2 rings (SSSR count). The standard InChI is InChI=1S/C16H18BrNO3/c1-10(11-4-5-15(19)16(6-11)21-3)18-13-7-12(17)8-14(9-13)20-2/h4-10,18-19H,1-3H3. The molecule has 0 heterocycles. The van der Waals surface area contributed by atoms with Crippen LogP contribution in [0.15, 0.2) is 40.9 Å². The normalized spacial score (nSPS) is 11.8. The third-order valence-electron chi connectivity index (χ3n) is 3.19. The van der Waals surface area contributed by atoms with Gasteiger partial charge in [-0.15, -0.1) is 0 Å². The van der Waals surface area contributed by atoms with Crippen LogP contribution < -0.4 is 14.8 Å². The second-order valence-electron chi connectivity index (χ2n) is 4.68. The van der Waals surface area contributed by atoms with E-state index in [-0.39, 0.29) is 11.8 Å². The van der Waals surface area contributed by atoms with Gasteiger partial charge in [0.1, 0.15) is 5.75 Å². The molecule has 2 aromatic rings. The summed E-state index contributed by atoms with van der Waals surface area (Å²) < 4.78 is 11.3. The molecule has 0 aliphatic carbocycles. The van der Waals surface area contributed by atoms with Crippen LogP contribution in [0.4, 0.5) is 5.69 Å². The molecule has 0 spiro atoms. The van der Waals surface area contributed by atoms with Gasteiger partial charge in [-0.3, -0.25) is 0 Å². The number of rotatable bonds is 5. The van der Waals surface area contributed by atoms with Gasteiger partial charge in [-0.05, 0) is 36.8 Å². The molecule has 2 aromatic carbocycles. The van der Waals surface area contributed by atoms with Crippen LogP contribution in [0, 0.1) is 0 Å². The van der Waals surface area contributed by atoms with Gasteiger partial charge in [0.2, 0.25) is 0 Å². The minimum Gasteiger partial charge on any atom is -0.504 e. The fourth-order valence-corrected chi connectivity index (χ4v) is 2.53. The Morgan fingerprint density at radius 3 is 2.52 bits per heavy atom. The zero-order chi connectivity index (χ0) is 15.4. The van der Waals surface area contributed by atoms with Gasteiger partial charge in [0, 0.05) is 22.3 Å².